The molecule has 1 aromatic rings. The SMILES string of the molecule is C/C(Oc1ccc(C)cc1)=C1/CCCC1=O. The Hall–Kier alpha value is -1.57. The molecular formula is C14H16O2. The fourth-order valence-electron chi connectivity index (χ4n) is 1.93. The van der Waals surface area contributed by atoms with Gasteiger partial charge in [-0.15, -0.1) is 0 Å². The van der Waals surface area contributed by atoms with Gasteiger partial charge in [0.05, 0.1) is 0 Å². The van der Waals surface area contributed by atoms with Crippen molar-refractivity contribution in [3.05, 3.63) is 41.2 Å². The van der Waals surface area contributed by atoms with Gasteiger partial charge >= 0.3 is 0 Å². The molecule has 1 aliphatic rings. The molecule has 84 valence electrons. The van der Waals surface area contributed by atoms with E-state index in [1.165, 1.54) is 5.56 Å². The molecule has 16 heavy (non-hydrogen) atoms. The number of benzene rings is 1. The monoisotopic (exact) mass is 216 g/mol. The summed E-state index contributed by atoms with van der Waals surface area (Å²) in [5, 5.41) is 0. The van der Waals surface area contributed by atoms with Crippen LogP contribution in [0.2, 0.25) is 0 Å². The Morgan fingerprint density at radius 3 is 2.44 bits per heavy atom. The van der Waals surface area contributed by atoms with Crippen LogP contribution in [0.4, 0.5) is 0 Å². The Labute approximate surface area is 95.9 Å². The molecule has 0 aromatic heterocycles. The number of hydrogen-bond acceptors (Lipinski definition) is 2. The highest BCUT2D eigenvalue weighted by Crippen LogP contribution is 2.25. The van der Waals surface area contributed by atoms with Crippen molar-refractivity contribution >= 4 is 5.78 Å². The van der Waals surface area contributed by atoms with Gasteiger partial charge in [-0.2, -0.15) is 0 Å². The van der Waals surface area contributed by atoms with Crippen molar-refractivity contribution in [2.24, 2.45) is 0 Å². The topological polar surface area (TPSA) is 26.3 Å². The zero-order valence-corrected chi connectivity index (χ0v) is 9.75. The molecule has 0 spiro atoms. The Morgan fingerprint density at radius 2 is 1.88 bits per heavy atom. The fourth-order valence-corrected chi connectivity index (χ4v) is 1.93. The summed E-state index contributed by atoms with van der Waals surface area (Å²) in [7, 11) is 0. The van der Waals surface area contributed by atoms with Gasteiger partial charge in [-0.05, 0) is 38.8 Å². The molecule has 0 N–H and O–H groups in total. The van der Waals surface area contributed by atoms with Crippen LogP contribution in [-0.2, 0) is 4.79 Å². The maximum absolute atomic E-state index is 11.5. The summed E-state index contributed by atoms with van der Waals surface area (Å²) in [5.41, 5.74) is 2.06. The molecule has 2 heteroatoms. The van der Waals surface area contributed by atoms with Crippen LogP contribution < -0.4 is 4.74 Å². The molecule has 1 aromatic carbocycles. The molecule has 1 saturated carbocycles. The number of ketones is 1. The molecule has 0 heterocycles. The number of allylic oxidation sites excluding steroid dienone is 2. The van der Waals surface area contributed by atoms with Crippen molar-refractivity contribution < 1.29 is 9.53 Å². The number of ether oxygens (including phenoxy) is 1. The molecule has 0 atom stereocenters. The summed E-state index contributed by atoms with van der Waals surface area (Å²) in [5.74, 6) is 1.80. The minimum atomic E-state index is 0.240. The van der Waals surface area contributed by atoms with Crippen LogP contribution in [0.25, 0.3) is 0 Å². The highest BCUT2D eigenvalue weighted by molar-refractivity contribution is 5.97. The van der Waals surface area contributed by atoms with Gasteiger partial charge < -0.3 is 4.74 Å². The van der Waals surface area contributed by atoms with Gasteiger partial charge in [0.15, 0.2) is 5.78 Å². The van der Waals surface area contributed by atoms with Crippen molar-refractivity contribution in [1.29, 1.82) is 0 Å². The van der Waals surface area contributed by atoms with E-state index in [4.69, 9.17) is 4.74 Å². The second-order valence-electron chi connectivity index (χ2n) is 4.23. The molecule has 1 aliphatic carbocycles. The summed E-state index contributed by atoms with van der Waals surface area (Å²) < 4.78 is 5.68. The summed E-state index contributed by atoms with van der Waals surface area (Å²) >= 11 is 0. The van der Waals surface area contributed by atoms with Crippen LogP contribution in [0.3, 0.4) is 0 Å². The zero-order valence-electron chi connectivity index (χ0n) is 9.75. The number of rotatable bonds is 2. The van der Waals surface area contributed by atoms with Gasteiger partial charge in [0.1, 0.15) is 11.5 Å². The molecular weight excluding hydrogens is 200 g/mol. The van der Waals surface area contributed by atoms with Gasteiger partial charge in [-0.1, -0.05) is 17.7 Å². The predicted molar refractivity (Wildman–Crippen MR) is 63.4 cm³/mol. The zero-order chi connectivity index (χ0) is 11.5. The summed E-state index contributed by atoms with van der Waals surface area (Å²) in [6, 6.07) is 7.87. The first-order valence-electron chi connectivity index (χ1n) is 5.64. The Morgan fingerprint density at radius 1 is 1.19 bits per heavy atom. The van der Waals surface area contributed by atoms with E-state index in [1.54, 1.807) is 0 Å². The first-order valence-corrected chi connectivity index (χ1v) is 5.64. The standard InChI is InChI=1S/C14H16O2/c1-10-6-8-12(9-7-10)16-11(2)13-4-3-5-14(13)15/h6-9H,3-5H2,1-2H3/b13-11+. The van der Waals surface area contributed by atoms with Gasteiger partial charge in [0.25, 0.3) is 0 Å². The van der Waals surface area contributed by atoms with E-state index in [1.807, 2.05) is 38.1 Å². The maximum atomic E-state index is 11.5. The summed E-state index contributed by atoms with van der Waals surface area (Å²) in [4.78, 5) is 11.5. The molecule has 0 amide bonds. The van der Waals surface area contributed by atoms with E-state index in [-0.39, 0.29) is 5.78 Å². The second-order valence-corrected chi connectivity index (χ2v) is 4.23. The maximum Gasteiger partial charge on any atom is 0.162 e. The quantitative estimate of drug-likeness (QED) is 0.559. The smallest absolute Gasteiger partial charge is 0.162 e. The minimum absolute atomic E-state index is 0.240. The Balaban J connectivity index is 2.15. The average Bonchev–Trinajstić information content (AvgIpc) is 2.68. The van der Waals surface area contributed by atoms with Gasteiger partial charge in [0.2, 0.25) is 0 Å². The van der Waals surface area contributed by atoms with Crippen LogP contribution in [-0.4, -0.2) is 5.78 Å². The van der Waals surface area contributed by atoms with Crippen LogP contribution in [0.5, 0.6) is 5.75 Å². The van der Waals surface area contributed by atoms with Crippen LogP contribution in [0.15, 0.2) is 35.6 Å². The molecule has 2 rings (SSSR count). The largest absolute Gasteiger partial charge is 0.462 e. The lowest BCUT2D eigenvalue weighted by Gasteiger charge is -2.08. The van der Waals surface area contributed by atoms with Crippen molar-refractivity contribution in [3.8, 4) is 5.75 Å². The van der Waals surface area contributed by atoms with Gasteiger partial charge in [-0.3, -0.25) is 4.79 Å². The van der Waals surface area contributed by atoms with Crippen LogP contribution in [0, 0.1) is 6.92 Å². The molecule has 0 aliphatic heterocycles. The van der Waals surface area contributed by atoms with E-state index in [9.17, 15) is 4.79 Å². The highest BCUT2D eigenvalue weighted by Gasteiger charge is 2.20. The van der Waals surface area contributed by atoms with E-state index >= 15 is 0 Å². The van der Waals surface area contributed by atoms with E-state index in [0.717, 1.165) is 29.9 Å². The lowest BCUT2D eigenvalue weighted by molar-refractivity contribution is -0.114. The number of carbonyl (C=O) groups is 1. The highest BCUT2D eigenvalue weighted by atomic mass is 16.5. The number of Topliss-reactive ketones (excluding diaryl/α,β-unsaturated/α-hetero) is 1. The third-order valence-electron chi connectivity index (χ3n) is 2.88. The third kappa shape index (κ3) is 2.32. The third-order valence-corrected chi connectivity index (χ3v) is 2.88. The minimum Gasteiger partial charge on any atom is -0.462 e. The lowest BCUT2D eigenvalue weighted by atomic mass is 10.2. The normalized spacial score (nSPS) is 18.8. The molecule has 2 nitrogen and oxygen atoms in total. The van der Waals surface area contributed by atoms with Crippen molar-refractivity contribution in [2.45, 2.75) is 33.1 Å². The van der Waals surface area contributed by atoms with E-state index in [0.29, 0.717) is 6.42 Å². The van der Waals surface area contributed by atoms with E-state index < -0.39 is 0 Å². The molecule has 0 radical (unpaired) electrons. The first kappa shape index (κ1) is 10.9. The second kappa shape index (κ2) is 4.52. The Kier molecular flexibility index (Phi) is 3.09. The Bertz CT molecular complexity index is 427. The number of aryl methyl sites for hydroxylation is 1. The summed E-state index contributed by atoms with van der Waals surface area (Å²) in [6.45, 7) is 3.91. The predicted octanol–water partition coefficient (Wildman–Crippen LogP) is 3.40. The number of hydrogen-bond donors (Lipinski definition) is 0. The first-order chi connectivity index (χ1) is 7.66. The average molecular weight is 216 g/mol. The van der Waals surface area contributed by atoms with Crippen LogP contribution in [0.1, 0.15) is 31.7 Å². The fraction of sp³-hybridized carbons (Fsp3) is 0.357. The number of carbonyl (C=O) groups excluding carboxylic acids is 1. The van der Waals surface area contributed by atoms with Crippen molar-refractivity contribution in [2.75, 3.05) is 0 Å². The van der Waals surface area contributed by atoms with Crippen molar-refractivity contribution in [3.63, 3.8) is 0 Å². The molecule has 0 saturated heterocycles. The lowest BCUT2D eigenvalue weighted by Crippen LogP contribution is -2.01. The van der Waals surface area contributed by atoms with E-state index in [2.05, 4.69) is 0 Å². The summed E-state index contributed by atoms with van der Waals surface area (Å²) in [6.07, 6.45) is 2.49. The molecule has 0 bridgehead atoms. The molecule has 1 fully saturated rings. The van der Waals surface area contributed by atoms with Crippen molar-refractivity contribution in [1.82, 2.24) is 0 Å². The van der Waals surface area contributed by atoms with Crippen LogP contribution >= 0.6 is 0 Å². The van der Waals surface area contributed by atoms with Gasteiger partial charge in [-0.25, -0.2) is 0 Å². The van der Waals surface area contributed by atoms with Gasteiger partial charge in [0, 0.05) is 12.0 Å². The molecule has 0 unspecified atom stereocenters.